The maximum absolute atomic E-state index is 12.2. The van der Waals surface area contributed by atoms with Crippen LogP contribution in [-0.2, 0) is 9.53 Å². The van der Waals surface area contributed by atoms with Gasteiger partial charge in [0.1, 0.15) is 11.9 Å². The monoisotopic (exact) mass is 413 g/mol. The van der Waals surface area contributed by atoms with Crippen LogP contribution in [0.3, 0.4) is 0 Å². The number of nitrogens with one attached hydrogen (secondary N) is 2. The van der Waals surface area contributed by atoms with Crippen molar-refractivity contribution in [2.75, 3.05) is 11.9 Å². The molecule has 26 heavy (non-hydrogen) atoms. The average molecular weight is 414 g/mol. The van der Waals surface area contributed by atoms with Crippen molar-refractivity contribution in [3.8, 4) is 6.07 Å². The van der Waals surface area contributed by atoms with Crippen LogP contribution < -0.4 is 10.6 Å². The second-order valence-corrected chi connectivity index (χ2v) is 6.41. The van der Waals surface area contributed by atoms with Crippen molar-refractivity contribution in [1.82, 2.24) is 5.32 Å². The summed E-state index contributed by atoms with van der Waals surface area (Å²) in [5.41, 5.74) is 1.68. The van der Waals surface area contributed by atoms with Crippen LogP contribution in [0.4, 0.5) is 5.69 Å². The summed E-state index contributed by atoms with van der Waals surface area (Å²) >= 11 is 3.39. The molecule has 0 aliphatic heterocycles. The average Bonchev–Trinajstić information content (AvgIpc) is 2.65. The molecular weight excluding hydrogens is 394 g/mol. The van der Waals surface area contributed by atoms with Crippen LogP contribution in [0.2, 0.25) is 0 Å². The van der Waals surface area contributed by atoms with Gasteiger partial charge < -0.3 is 15.4 Å². The Morgan fingerprint density at radius 2 is 1.85 bits per heavy atom. The fourth-order valence-corrected chi connectivity index (χ4v) is 2.56. The predicted octanol–water partition coefficient (Wildman–Crippen LogP) is 4.51. The number of ether oxygens (including phenoxy) is 1. The van der Waals surface area contributed by atoms with Crippen molar-refractivity contribution >= 4 is 27.6 Å². The molecule has 6 heteroatoms. The number of esters is 1. The Balaban J connectivity index is 2.35. The van der Waals surface area contributed by atoms with Crippen LogP contribution in [0, 0.1) is 11.3 Å². The number of carbonyl (C=O) groups excluding carboxylic acids is 1. The number of hydrogen-bond donors (Lipinski definition) is 2. The number of anilines is 1. The Morgan fingerprint density at radius 1 is 1.19 bits per heavy atom. The number of carbonyl (C=O) groups is 1. The SMILES string of the molecule is CCOC(=O)/C(C#N)=C(\Nc1ccc(Br)cc1)N[C@@H](C)c1ccccc1. The van der Waals surface area contributed by atoms with Crippen LogP contribution >= 0.6 is 15.9 Å². The van der Waals surface area contributed by atoms with Gasteiger partial charge in [0, 0.05) is 16.2 Å². The molecule has 0 aliphatic carbocycles. The van der Waals surface area contributed by atoms with Crippen molar-refractivity contribution < 1.29 is 9.53 Å². The number of benzene rings is 2. The Labute approximate surface area is 161 Å². The number of hydrogen-bond acceptors (Lipinski definition) is 5. The molecule has 0 spiro atoms. The minimum atomic E-state index is -0.664. The molecule has 0 radical (unpaired) electrons. The molecule has 5 nitrogen and oxygen atoms in total. The van der Waals surface area contributed by atoms with Gasteiger partial charge in [-0.05, 0) is 43.7 Å². The van der Waals surface area contributed by atoms with Crippen molar-refractivity contribution in [2.24, 2.45) is 0 Å². The highest BCUT2D eigenvalue weighted by Crippen LogP contribution is 2.19. The topological polar surface area (TPSA) is 74.2 Å². The van der Waals surface area contributed by atoms with Gasteiger partial charge in [0.2, 0.25) is 0 Å². The molecule has 134 valence electrons. The number of rotatable bonds is 7. The van der Waals surface area contributed by atoms with Crippen LogP contribution in [-0.4, -0.2) is 12.6 Å². The van der Waals surface area contributed by atoms with Gasteiger partial charge >= 0.3 is 5.97 Å². The molecule has 0 saturated heterocycles. The first-order valence-corrected chi connectivity index (χ1v) is 9.00. The van der Waals surface area contributed by atoms with E-state index in [1.165, 1.54) is 0 Å². The van der Waals surface area contributed by atoms with E-state index < -0.39 is 5.97 Å². The smallest absolute Gasteiger partial charge is 0.352 e. The number of nitriles is 1. The highest BCUT2D eigenvalue weighted by Gasteiger charge is 2.19. The van der Waals surface area contributed by atoms with Gasteiger partial charge in [0.15, 0.2) is 5.57 Å². The molecule has 0 amide bonds. The van der Waals surface area contributed by atoms with Gasteiger partial charge in [0.25, 0.3) is 0 Å². The zero-order valence-corrected chi connectivity index (χ0v) is 16.2. The van der Waals surface area contributed by atoms with E-state index in [0.717, 1.165) is 15.7 Å². The first kappa shape index (κ1) is 19.5. The quantitative estimate of drug-likeness (QED) is 0.396. The number of halogens is 1. The molecular formula is C20H20BrN3O2. The zero-order valence-electron chi connectivity index (χ0n) is 14.6. The molecule has 2 rings (SSSR count). The van der Waals surface area contributed by atoms with E-state index in [9.17, 15) is 10.1 Å². The maximum atomic E-state index is 12.2. The molecule has 0 aliphatic rings. The summed E-state index contributed by atoms with van der Waals surface area (Å²) in [5, 5.41) is 15.8. The summed E-state index contributed by atoms with van der Waals surface area (Å²) in [5.74, 6) is -0.355. The van der Waals surface area contributed by atoms with Gasteiger partial charge in [0.05, 0.1) is 6.61 Å². The molecule has 0 saturated carbocycles. The van der Waals surface area contributed by atoms with Gasteiger partial charge in [-0.15, -0.1) is 0 Å². The molecule has 0 bridgehead atoms. The van der Waals surface area contributed by atoms with Gasteiger partial charge in [-0.1, -0.05) is 46.3 Å². The Morgan fingerprint density at radius 3 is 2.42 bits per heavy atom. The van der Waals surface area contributed by atoms with E-state index in [1.807, 2.05) is 67.6 Å². The molecule has 2 aromatic rings. The molecule has 0 fully saturated rings. The third kappa shape index (κ3) is 5.36. The fourth-order valence-electron chi connectivity index (χ4n) is 2.30. The lowest BCUT2D eigenvalue weighted by Gasteiger charge is -2.21. The summed E-state index contributed by atoms with van der Waals surface area (Å²) < 4.78 is 5.95. The highest BCUT2D eigenvalue weighted by atomic mass is 79.9. The molecule has 0 aromatic heterocycles. The van der Waals surface area contributed by atoms with Crippen LogP contribution in [0.15, 0.2) is 70.5 Å². The van der Waals surface area contributed by atoms with E-state index in [-0.39, 0.29) is 18.2 Å². The van der Waals surface area contributed by atoms with E-state index in [2.05, 4.69) is 26.6 Å². The molecule has 2 N–H and O–H groups in total. The molecule has 2 aromatic carbocycles. The molecule has 1 atom stereocenters. The van der Waals surface area contributed by atoms with Crippen molar-refractivity contribution in [3.05, 3.63) is 76.0 Å². The zero-order chi connectivity index (χ0) is 18.9. The summed E-state index contributed by atoms with van der Waals surface area (Å²) in [7, 11) is 0. The van der Waals surface area contributed by atoms with E-state index >= 15 is 0 Å². The van der Waals surface area contributed by atoms with E-state index in [4.69, 9.17) is 4.74 Å². The number of nitrogens with zero attached hydrogens (tertiary/aromatic N) is 1. The largest absolute Gasteiger partial charge is 0.462 e. The first-order valence-electron chi connectivity index (χ1n) is 8.20. The van der Waals surface area contributed by atoms with Crippen LogP contribution in [0.1, 0.15) is 25.5 Å². The van der Waals surface area contributed by atoms with Crippen LogP contribution in [0.5, 0.6) is 0 Å². The Bertz CT molecular complexity index is 811. The maximum Gasteiger partial charge on any atom is 0.352 e. The summed E-state index contributed by atoms with van der Waals surface area (Å²) in [4.78, 5) is 12.2. The second kappa shape index (κ2) is 9.64. The molecule has 0 heterocycles. The van der Waals surface area contributed by atoms with Gasteiger partial charge in [-0.3, -0.25) is 0 Å². The van der Waals surface area contributed by atoms with Gasteiger partial charge in [-0.25, -0.2) is 4.79 Å². The lowest BCUT2D eigenvalue weighted by Crippen LogP contribution is -2.27. The minimum Gasteiger partial charge on any atom is -0.462 e. The second-order valence-electron chi connectivity index (χ2n) is 5.49. The molecule has 0 unspecified atom stereocenters. The summed E-state index contributed by atoms with van der Waals surface area (Å²) in [6, 6.07) is 19.0. The third-order valence-corrected chi connectivity index (χ3v) is 4.14. The van der Waals surface area contributed by atoms with E-state index in [1.54, 1.807) is 6.92 Å². The van der Waals surface area contributed by atoms with Gasteiger partial charge in [-0.2, -0.15) is 5.26 Å². The lowest BCUT2D eigenvalue weighted by molar-refractivity contribution is -0.138. The fraction of sp³-hybridized carbons (Fsp3) is 0.200. The highest BCUT2D eigenvalue weighted by molar-refractivity contribution is 9.10. The first-order chi connectivity index (χ1) is 12.5. The van der Waals surface area contributed by atoms with Crippen molar-refractivity contribution in [1.29, 1.82) is 5.26 Å². The van der Waals surface area contributed by atoms with E-state index in [0.29, 0.717) is 5.82 Å². The third-order valence-electron chi connectivity index (χ3n) is 3.62. The summed E-state index contributed by atoms with van der Waals surface area (Å²) in [6.07, 6.45) is 0. The summed E-state index contributed by atoms with van der Waals surface area (Å²) in [6.45, 7) is 3.86. The van der Waals surface area contributed by atoms with Crippen molar-refractivity contribution in [2.45, 2.75) is 19.9 Å². The standard InChI is InChI=1S/C20H20BrN3O2/c1-3-26-20(25)18(13-22)19(24-17-11-9-16(21)10-12-17)23-14(2)15-7-5-4-6-8-15/h4-12,14,23-24H,3H2,1-2H3/b19-18-/t14-/m0/s1. The predicted molar refractivity (Wildman–Crippen MR) is 105 cm³/mol. The Kier molecular flexibility index (Phi) is 7.24. The lowest BCUT2D eigenvalue weighted by atomic mass is 10.1. The normalized spacial score (nSPS) is 12.4. The van der Waals surface area contributed by atoms with Crippen LogP contribution in [0.25, 0.3) is 0 Å². The van der Waals surface area contributed by atoms with Crippen molar-refractivity contribution in [3.63, 3.8) is 0 Å². The Hall–Kier alpha value is -2.78. The minimum absolute atomic E-state index is 0.0995.